The highest BCUT2D eigenvalue weighted by molar-refractivity contribution is 7.71. The molecule has 0 radical (unpaired) electrons. The summed E-state index contributed by atoms with van der Waals surface area (Å²) >= 11 is 5.21. The SMILES string of the molecule is FC(F)(F)c1ccc(/C=N/n2c(-c3cc(-c4ccccc4)n[nH]3)n[nH]c2=S)cc1. The summed E-state index contributed by atoms with van der Waals surface area (Å²) in [6.07, 6.45) is -2.98. The number of H-pyrrole nitrogens is 2. The number of nitrogens with zero attached hydrogens (tertiary/aromatic N) is 4. The van der Waals surface area contributed by atoms with Gasteiger partial charge < -0.3 is 0 Å². The zero-order chi connectivity index (χ0) is 20.4. The number of nitrogens with one attached hydrogen (secondary N) is 2. The number of rotatable bonds is 4. The topological polar surface area (TPSA) is 74.7 Å². The first-order valence-corrected chi connectivity index (χ1v) is 8.83. The molecule has 2 aromatic carbocycles. The van der Waals surface area contributed by atoms with Gasteiger partial charge in [0, 0.05) is 5.56 Å². The molecule has 0 aliphatic rings. The van der Waals surface area contributed by atoms with Gasteiger partial charge in [-0.1, -0.05) is 42.5 Å². The normalized spacial score (nSPS) is 12.0. The molecule has 0 saturated heterocycles. The lowest BCUT2D eigenvalue weighted by atomic mass is 10.1. The molecule has 0 amide bonds. The van der Waals surface area contributed by atoms with Gasteiger partial charge in [0.25, 0.3) is 0 Å². The summed E-state index contributed by atoms with van der Waals surface area (Å²) in [6, 6.07) is 16.1. The van der Waals surface area contributed by atoms with E-state index in [0.29, 0.717) is 17.1 Å². The molecule has 0 atom stereocenters. The van der Waals surface area contributed by atoms with Crippen molar-refractivity contribution in [3.63, 3.8) is 0 Å². The summed E-state index contributed by atoms with van der Waals surface area (Å²) in [7, 11) is 0. The predicted molar refractivity (Wildman–Crippen MR) is 105 cm³/mol. The fourth-order valence-electron chi connectivity index (χ4n) is 2.65. The van der Waals surface area contributed by atoms with Gasteiger partial charge in [-0.2, -0.15) is 33.1 Å². The van der Waals surface area contributed by atoms with Crippen LogP contribution in [-0.2, 0) is 6.18 Å². The Morgan fingerprint density at radius 1 is 0.966 bits per heavy atom. The van der Waals surface area contributed by atoms with Crippen LogP contribution in [0.5, 0.6) is 0 Å². The number of hydrogen-bond acceptors (Lipinski definition) is 4. The molecule has 0 aliphatic carbocycles. The van der Waals surface area contributed by atoms with Crippen LogP contribution in [0.2, 0.25) is 0 Å². The van der Waals surface area contributed by atoms with Crippen LogP contribution in [0.15, 0.2) is 65.8 Å². The lowest BCUT2D eigenvalue weighted by Gasteiger charge is -2.05. The molecule has 2 aromatic heterocycles. The Kier molecular flexibility index (Phi) is 4.85. The van der Waals surface area contributed by atoms with E-state index in [2.05, 4.69) is 25.5 Å². The minimum Gasteiger partial charge on any atom is -0.274 e. The van der Waals surface area contributed by atoms with E-state index >= 15 is 0 Å². The maximum atomic E-state index is 12.7. The average Bonchev–Trinajstić information content (AvgIpc) is 3.33. The second-order valence-corrected chi connectivity index (χ2v) is 6.45. The van der Waals surface area contributed by atoms with E-state index in [9.17, 15) is 13.2 Å². The monoisotopic (exact) mass is 414 g/mol. The van der Waals surface area contributed by atoms with Crippen molar-refractivity contribution >= 4 is 18.4 Å². The molecule has 0 aliphatic heterocycles. The lowest BCUT2D eigenvalue weighted by Crippen LogP contribution is -2.04. The van der Waals surface area contributed by atoms with Gasteiger partial charge in [-0.15, -0.1) is 0 Å². The van der Waals surface area contributed by atoms with E-state index in [0.717, 1.165) is 23.4 Å². The van der Waals surface area contributed by atoms with Gasteiger partial charge in [0.1, 0.15) is 5.69 Å². The van der Waals surface area contributed by atoms with Crippen molar-refractivity contribution in [3.8, 4) is 22.8 Å². The number of halogens is 3. The second kappa shape index (κ2) is 7.47. The maximum absolute atomic E-state index is 12.7. The van der Waals surface area contributed by atoms with E-state index in [1.54, 1.807) is 0 Å². The van der Waals surface area contributed by atoms with Crippen LogP contribution in [0.4, 0.5) is 13.2 Å². The molecule has 0 bridgehead atoms. The van der Waals surface area contributed by atoms with Gasteiger partial charge in [-0.05, 0) is 36.0 Å². The molecule has 0 saturated carbocycles. The molecule has 4 rings (SSSR count). The zero-order valence-corrected chi connectivity index (χ0v) is 15.5. The minimum absolute atomic E-state index is 0.235. The van der Waals surface area contributed by atoms with Crippen LogP contribution in [0.25, 0.3) is 22.8 Å². The molecule has 2 heterocycles. The number of hydrogen-bond donors (Lipinski definition) is 2. The average molecular weight is 414 g/mol. The number of aromatic nitrogens is 5. The van der Waals surface area contributed by atoms with Crippen LogP contribution in [0.1, 0.15) is 11.1 Å². The first-order valence-electron chi connectivity index (χ1n) is 8.42. The van der Waals surface area contributed by atoms with Gasteiger partial charge in [-0.25, -0.2) is 5.10 Å². The fraction of sp³-hybridized carbons (Fsp3) is 0.0526. The summed E-state index contributed by atoms with van der Waals surface area (Å²) in [5, 5.41) is 18.2. The molecular weight excluding hydrogens is 401 g/mol. The van der Waals surface area contributed by atoms with Gasteiger partial charge in [0.15, 0.2) is 0 Å². The van der Waals surface area contributed by atoms with Crippen LogP contribution >= 0.6 is 12.2 Å². The van der Waals surface area contributed by atoms with Crippen LogP contribution in [-0.4, -0.2) is 31.3 Å². The largest absolute Gasteiger partial charge is 0.416 e. The van der Waals surface area contributed by atoms with Crippen molar-refractivity contribution < 1.29 is 13.2 Å². The minimum atomic E-state index is -4.38. The highest BCUT2D eigenvalue weighted by atomic mass is 32.1. The first-order chi connectivity index (χ1) is 13.9. The highest BCUT2D eigenvalue weighted by Crippen LogP contribution is 2.29. The molecule has 2 N–H and O–H groups in total. The lowest BCUT2D eigenvalue weighted by molar-refractivity contribution is -0.137. The zero-order valence-electron chi connectivity index (χ0n) is 14.7. The summed E-state index contributed by atoms with van der Waals surface area (Å²) in [5.74, 6) is 0.396. The molecule has 4 aromatic rings. The third-order valence-electron chi connectivity index (χ3n) is 4.10. The van der Waals surface area contributed by atoms with Crippen molar-refractivity contribution in [3.05, 3.63) is 76.6 Å². The Balaban J connectivity index is 1.62. The smallest absolute Gasteiger partial charge is 0.274 e. The molecule has 0 fully saturated rings. The van der Waals surface area contributed by atoms with E-state index in [1.165, 1.54) is 23.0 Å². The van der Waals surface area contributed by atoms with Crippen LogP contribution < -0.4 is 0 Å². The van der Waals surface area contributed by atoms with Crippen molar-refractivity contribution in [2.24, 2.45) is 5.10 Å². The number of alkyl halides is 3. The fourth-order valence-corrected chi connectivity index (χ4v) is 2.83. The van der Waals surface area contributed by atoms with Crippen LogP contribution in [0.3, 0.4) is 0 Å². The third-order valence-corrected chi connectivity index (χ3v) is 4.36. The Bertz CT molecular complexity index is 1200. The first kappa shape index (κ1) is 18.8. The summed E-state index contributed by atoms with van der Waals surface area (Å²) in [6.45, 7) is 0. The number of benzene rings is 2. The Morgan fingerprint density at radius 2 is 1.69 bits per heavy atom. The molecule has 6 nitrogen and oxygen atoms in total. The summed E-state index contributed by atoms with van der Waals surface area (Å²) in [5.41, 5.74) is 2.01. The Labute approximate surface area is 167 Å². The van der Waals surface area contributed by atoms with Crippen molar-refractivity contribution in [2.75, 3.05) is 0 Å². The Hall–Kier alpha value is -3.53. The molecule has 29 heavy (non-hydrogen) atoms. The van der Waals surface area contributed by atoms with Crippen LogP contribution in [0, 0.1) is 4.77 Å². The maximum Gasteiger partial charge on any atom is 0.416 e. The molecular formula is C19H13F3N6S. The van der Waals surface area contributed by atoms with Gasteiger partial charge in [-0.3, -0.25) is 5.10 Å². The van der Waals surface area contributed by atoms with Gasteiger partial charge in [0.05, 0.1) is 17.5 Å². The van der Waals surface area contributed by atoms with E-state index in [1.807, 2.05) is 36.4 Å². The van der Waals surface area contributed by atoms with Gasteiger partial charge >= 0.3 is 6.18 Å². The van der Waals surface area contributed by atoms with E-state index in [-0.39, 0.29) is 4.77 Å². The highest BCUT2D eigenvalue weighted by Gasteiger charge is 2.29. The molecule has 10 heteroatoms. The predicted octanol–water partition coefficient (Wildman–Crippen LogP) is 4.90. The Morgan fingerprint density at radius 3 is 2.38 bits per heavy atom. The third kappa shape index (κ3) is 4.02. The second-order valence-electron chi connectivity index (χ2n) is 6.06. The van der Waals surface area contributed by atoms with Crippen molar-refractivity contribution in [1.82, 2.24) is 25.1 Å². The van der Waals surface area contributed by atoms with Crippen molar-refractivity contribution in [1.29, 1.82) is 0 Å². The van der Waals surface area contributed by atoms with Gasteiger partial charge in [0.2, 0.25) is 10.6 Å². The van der Waals surface area contributed by atoms with Crippen molar-refractivity contribution in [2.45, 2.75) is 6.18 Å². The summed E-state index contributed by atoms with van der Waals surface area (Å²) in [4.78, 5) is 0. The summed E-state index contributed by atoms with van der Waals surface area (Å²) < 4.78 is 39.6. The molecule has 0 unspecified atom stereocenters. The number of aromatic amines is 2. The van der Waals surface area contributed by atoms with E-state index in [4.69, 9.17) is 12.2 Å². The quantitative estimate of drug-likeness (QED) is 0.369. The molecule has 146 valence electrons. The molecule has 0 spiro atoms. The van der Waals surface area contributed by atoms with E-state index < -0.39 is 11.7 Å². The standard InChI is InChI=1S/C19H13F3N6S/c20-19(21,22)14-8-6-12(7-9-14)11-23-28-17(26-27-18(28)29)16-10-15(24-25-16)13-4-2-1-3-5-13/h1-11H,(H,24,25)(H,27,29)/b23-11+.